The number of carbonyl (C=O) groups is 1. The fourth-order valence-corrected chi connectivity index (χ4v) is 0.843. The highest BCUT2D eigenvalue weighted by Crippen LogP contribution is 2.20. The molecule has 13 heavy (non-hydrogen) atoms. The van der Waals surface area contributed by atoms with E-state index in [1.807, 2.05) is 0 Å². The molecule has 1 atom stereocenters. The number of amides is 1. The zero-order valence-electron chi connectivity index (χ0n) is 6.77. The highest BCUT2D eigenvalue weighted by atomic mass is 19.4. The van der Waals surface area contributed by atoms with Gasteiger partial charge in [-0.05, 0) is 6.92 Å². The molecule has 1 aliphatic rings. The molecule has 0 aromatic rings. The quantitative estimate of drug-likeness (QED) is 0.634. The molecule has 1 heterocycles. The van der Waals surface area contributed by atoms with Crippen molar-refractivity contribution in [1.82, 2.24) is 10.9 Å². The van der Waals surface area contributed by atoms with E-state index < -0.39 is 24.5 Å². The summed E-state index contributed by atoms with van der Waals surface area (Å²) in [6.07, 6.45) is -5.47. The second-order valence-corrected chi connectivity index (χ2v) is 2.66. The first kappa shape index (κ1) is 9.82. The number of amidine groups is 1. The predicted octanol–water partition coefficient (Wildman–Crippen LogP) is 0.360. The van der Waals surface area contributed by atoms with E-state index in [-0.39, 0.29) is 5.84 Å². The van der Waals surface area contributed by atoms with Gasteiger partial charge in [0.1, 0.15) is 18.3 Å². The Labute approximate surface area is 72.2 Å². The van der Waals surface area contributed by atoms with Crippen molar-refractivity contribution in [2.24, 2.45) is 4.99 Å². The summed E-state index contributed by atoms with van der Waals surface area (Å²) < 4.78 is 35.5. The fraction of sp³-hybridized carbons (Fsp3) is 0.667. The summed E-state index contributed by atoms with van der Waals surface area (Å²) in [5, 5.41) is 0. The average Bonchev–Trinajstić information content (AvgIpc) is 1.94. The summed E-state index contributed by atoms with van der Waals surface area (Å²) in [5.41, 5.74) is 4.17. The zero-order chi connectivity index (χ0) is 10.1. The van der Waals surface area contributed by atoms with Gasteiger partial charge in [0.2, 0.25) is 0 Å². The summed E-state index contributed by atoms with van der Waals surface area (Å²) in [5.74, 6) is -0.703. The largest absolute Gasteiger partial charge is 0.396 e. The van der Waals surface area contributed by atoms with E-state index in [1.54, 1.807) is 0 Å². The second kappa shape index (κ2) is 3.23. The number of nitrogens with one attached hydrogen (secondary N) is 2. The lowest BCUT2D eigenvalue weighted by Gasteiger charge is -2.20. The second-order valence-electron chi connectivity index (χ2n) is 2.66. The number of carbonyl (C=O) groups excluding carboxylic acids is 1. The van der Waals surface area contributed by atoms with Crippen molar-refractivity contribution in [3.05, 3.63) is 0 Å². The lowest BCUT2D eigenvalue weighted by molar-refractivity contribution is -0.126. The van der Waals surface area contributed by atoms with Crippen LogP contribution >= 0.6 is 0 Å². The molecular formula is C6H8F3N3O. The van der Waals surface area contributed by atoms with Gasteiger partial charge in [-0.2, -0.15) is 13.2 Å². The molecule has 1 unspecified atom stereocenters. The van der Waals surface area contributed by atoms with Gasteiger partial charge in [0.25, 0.3) is 5.91 Å². The summed E-state index contributed by atoms with van der Waals surface area (Å²) in [6.45, 7) is 1.42. The van der Waals surface area contributed by atoms with Gasteiger partial charge in [0.15, 0.2) is 0 Å². The Hall–Kier alpha value is -1.27. The SMILES string of the molecule is CC1N=C(CC(F)(F)F)NNC1=O. The molecule has 0 radical (unpaired) electrons. The molecule has 0 saturated carbocycles. The Morgan fingerprint density at radius 1 is 1.46 bits per heavy atom. The topological polar surface area (TPSA) is 53.5 Å². The van der Waals surface area contributed by atoms with Crippen molar-refractivity contribution in [3.8, 4) is 0 Å². The molecular weight excluding hydrogens is 187 g/mol. The van der Waals surface area contributed by atoms with E-state index in [2.05, 4.69) is 15.8 Å². The monoisotopic (exact) mass is 195 g/mol. The first-order valence-electron chi connectivity index (χ1n) is 3.58. The maximum absolute atomic E-state index is 11.8. The smallest absolute Gasteiger partial charge is 0.285 e. The molecule has 7 heteroatoms. The predicted molar refractivity (Wildman–Crippen MR) is 38.8 cm³/mol. The van der Waals surface area contributed by atoms with Gasteiger partial charge < -0.3 is 0 Å². The molecule has 0 bridgehead atoms. The van der Waals surface area contributed by atoms with Crippen LogP contribution in [0.3, 0.4) is 0 Å². The highest BCUT2D eigenvalue weighted by Gasteiger charge is 2.32. The molecule has 4 nitrogen and oxygen atoms in total. The van der Waals surface area contributed by atoms with Gasteiger partial charge in [0, 0.05) is 0 Å². The minimum absolute atomic E-state index is 0.264. The van der Waals surface area contributed by atoms with Gasteiger partial charge in [-0.15, -0.1) is 0 Å². The fourth-order valence-electron chi connectivity index (χ4n) is 0.843. The number of nitrogens with zero attached hydrogens (tertiary/aromatic N) is 1. The van der Waals surface area contributed by atoms with E-state index in [0.717, 1.165) is 0 Å². The number of rotatable bonds is 1. The van der Waals surface area contributed by atoms with E-state index in [4.69, 9.17) is 0 Å². The number of aliphatic imine (C=N–C) groups is 1. The van der Waals surface area contributed by atoms with Crippen molar-refractivity contribution < 1.29 is 18.0 Å². The maximum Gasteiger partial charge on any atom is 0.396 e. The number of hydrazine groups is 1. The van der Waals surface area contributed by atoms with Crippen molar-refractivity contribution in [2.45, 2.75) is 25.6 Å². The van der Waals surface area contributed by atoms with Crippen LogP contribution in [-0.2, 0) is 4.79 Å². The van der Waals surface area contributed by atoms with Crippen LogP contribution in [0.25, 0.3) is 0 Å². The molecule has 0 spiro atoms. The van der Waals surface area contributed by atoms with E-state index in [0.29, 0.717) is 0 Å². The van der Waals surface area contributed by atoms with Crippen LogP contribution in [0.2, 0.25) is 0 Å². The minimum atomic E-state index is -4.31. The maximum atomic E-state index is 11.8. The average molecular weight is 195 g/mol. The van der Waals surface area contributed by atoms with Gasteiger partial charge in [0.05, 0.1) is 0 Å². The first-order chi connectivity index (χ1) is 5.88. The molecule has 0 aliphatic carbocycles. The van der Waals surface area contributed by atoms with Gasteiger partial charge in [-0.3, -0.25) is 20.6 Å². The van der Waals surface area contributed by atoms with Crippen molar-refractivity contribution in [3.63, 3.8) is 0 Å². The lowest BCUT2D eigenvalue weighted by Crippen LogP contribution is -2.51. The molecule has 74 valence electrons. The number of alkyl halides is 3. The van der Waals surface area contributed by atoms with Crippen LogP contribution in [-0.4, -0.2) is 24.0 Å². The van der Waals surface area contributed by atoms with Crippen LogP contribution in [0, 0.1) is 0 Å². The van der Waals surface area contributed by atoms with Gasteiger partial charge >= 0.3 is 6.18 Å². The lowest BCUT2D eigenvalue weighted by atomic mass is 10.3. The number of halogens is 3. The van der Waals surface area contributed by atoms with Crippen molar-refractivity contribution in [2.75, 3.05) is 0 Å². The van der Waals surface area contributed by atoms with E-state index in [9.17, 15) is 18.0 Å². The van der Waals surface area contributed by atoms with Gasteiger partial charge in [-0.1, -0.05) is 0 Å². The Kier molecular flexibility index (Phi) is 2.44. The standard InChI is InChI=1S/C6H8F3N3O/c1-3-5(13)12-11-4(10-3)2-6(7,8)9/h3H,2H2,1H3,(H,10,11)(H,12,13). The molecule has 2 N–H and O–H groups in total. The zero-order valence-corrected chi connectivity index (χ0v) is 6.77. The number of hydrogen-bond acceptors (Lipinski definition) is 3. The Balaban J connectivity index is 2.62. The van der Waals surface area contributed by atoms with E-state index >= 15 is 0 Å². The third-order valence-corrected chi connectivity index (χ3v) is 1.43. The van der Waals surface area contributed by atoms with Crippen LogP contribution < -0.4 is 10.9 Å². The van der Waals surface area contributed by atoms with E-state index in [1.165, 1.54) is 6.92 Å². The Bertz CT molecular complexity index is 248. The highest BCUT2D eigenvalue weighted by molar-refractivity contribution is 5.93. The molecule has 1 rings (SSSR count). The van der Waals surface area contributed by atoms with Crippen molar-refractivity contribution >= 4 is 11.7 Å². The minimum Gasteiger partial charge on any atom is -0.285 e. The number of hydrogen-bond donors (Lipinski definition) is 2. The molecule has 1 aliphatic heterocycles. The molecule has 0 aromatic heterocycles. The molecule has 1 amide bonds. The third kappa shape index (κ3) is 2.92. The van der Waals surface area contributed by atoms with Crippen LogP contribution in [0.4, 0.5) is 13.2 Å². The summed E-state index contributed by atoms with van der Waals surface area (Å²) in [6, 6.07) is -0.765. The van der Waals surface area contributed by atoms with Crippen LogP contribution in [0.5, 0.6) is 0 Å². The Morgan fingerprint density at radius 3 is 2.54 bits per heavy atom. The third-order valence-electron chi connectivity index (χ3n) is 1.43. The Morgan fingerprint density at radius 2 is 2.08 bits per heavy atom. The molecule has 0 aromatic carbocycles. The first-order valence-corrected chi connectivity index (χ1v) is 3.58. The normalized spacial score (nSPS) is 23.2. The summed E-state index contributed by atoms with van der Waals surface area (Å²) in [4.78, 5) is 14.3. The summed E-state index contributed by atoms with van der Waals surface area (Å²) >= 11 is 0. The summed E-state index contributed by atoms with van der Waals surface area (Å²) in [7, 11) is 0. The van der Waals surface area contributed by atoms with Crippen LogP contribution in [0.1, 0.15) is 13.3 Å². The van der Waals surface area contributed by atoms with Crippen molar-refractivity contribution in [1.29, 1.82) is 0 Å². The van der Waals surface area contributed by atoms with Crippen LogP contribution in [0.15, 0.2) is 4.99 Å². The molecule has 0 saturated heterocycles. The van der Waals surface area contributed by atoms with Gasteiger partial charge in [-0.25, -0.2) is 0 Å². The molecule has 0 fully saturated rings.